The molecule has 0 atom stereocenters. The first-order valence-electron chi connectivity index (χ1n) is 7.50. The summed E-state index contributed by atoms with van der Waals surface area (Å²) in [5, 5.41) is 0. The lowest BCUT2D eigenvalue weighted by Crippen LogP contribution is -2.21. The number of fused-ring (bicyclic) bond motifs is 1. The van der Waals surface area contributed by atoms with Crippen LogP contribution < -0.4 is 9.47 Å². The summed E-state index contributed by atoms with van der Waals surface area (Å²) in [4.78, 5) is 13.3. The number of carbonyl (C=O) groups is 1. The molecule has 1 amide bonds. The highest BCUT2D eigenvalue weighted by molar-refractivity contribution is 5.87. The van der Waals surface area contributed by atoms with Crippen LogP contribution in [0.3, 0.4) is 0 Å². The van der Waals surface area contributed by atoms with E-state index in [2.05, 4.69) is 0 Å². The van der Waals surface area contributed by atoms with Crippen LogP contribution in [-0.4, -0.2) is 32.1 Å². The lowest BCUT2D eigenvalue weighted by molar-refractivity contribution is -0.115. The van der Waals surface area contributed by atoms with Gasteiger partial charge in [-0.3, -0.25) is 4.79 Å². The highest BCUT2D eigenvalue weighted by atomic mass is 16.5. The fraction of sp³-hybridized carbons (Fsp3) is 0.211. The summed E-state index contributed by atoms with van der Waals surface area (Å²) in [5.41, 5.74) is 4.10. The zero-order valence-corrected chi connectivity index (χ0v) is 13.3. The van der Waals surface area contributed by atoms with Gasteiger partial charge in [0.1, 0.15) is 0 Å². The number of hydrogen-bond donors (Lipinski definition) is 0. The Hall–Kier alpha value is -2.75. The molecule has 4 nitrogen and oxygen atoms in total. The molecule has 1 aliphatic rings. The zero-order chi connectivity index (χ0) is 16.2. The Morgan fingerprint density at radius 2 is 1.74 bits per heavy atom. The molecular weight excluding hydrogens is 290 g/mol. The Morgan fingerprint density at radius 3 is 2.39 bits per heavy atom. The summed E-state index contributed by atoms with van der Waals surface area (Å²) in [6.45, 7) is 0.632. The van der Waals surface area contributed by atoms with Gasteiger partial charge in [-0.05, 0) is 41.3 Å². The Kier molecular flexibility index (Phi) is 4.33. The topological polar surface area (TPSA) is 38.8 Å². The molecule has 0 bridgehead atoms. The van der Waals surface area contributed by atoms with Crippen LogP contribution in [0.2, 0.25) is 0 Å². The number of rotatable bonds is 4. The van der Waals surface area contributed by atoms with Crippen LogP contribution in [0, 0.1) is 0 Å². The monoisotopic (exact) mass is 309 g/mol. The predicted molar refractivity (Wildman–Crippen MR) is 90.3 cm³/mol. The Bertz CT molecular complexity index is 738. The van der Waals surface area contributed by atoms with Gasteiger partial charge in [0.15, 0.2) is 11.5 Å². The van der Waals surface area contributed by atoms with Crippen LogP contribution in [0.25, 0.3) is 11.8 Å². The van der Waals surface area contributed by atoms with Crippen molar-refractivity contribution >= 4 is 18.2 Å². The SMILES string of the molecule is COc1cc2c(cc1OC)CCN(C=O)C(c1ccccc1)=C2. The third-order valence-electron chi connectivity index (χ3n) is 4.07. The molecule has 1 heterocycles. The van der Waals surface area contributed by atoms with E-state index in [0.29, 0.717) is 18.0 Å². The van der Waals surface area contributed by atoms with Gasteiger partial charge in [-0.1, -0.05) is 30.3 Å². The van der Waals surface area contributed by atoms with Crippen LogP contribution in [0.15, 0.2) is 42.5 Å². The maximum atomic E-state index is 11.5. The largest absolute Gasteiger partial charge is 0.493 e. The Labute approximate surface area is 135 Å². The number of carbonyl (C=O) groups excluding carboxylic acids is 1. The molecule has 0 saturated carbocycles. The molecule has 2 aromatic rings. The normalized spacial score (nSPS) is 13.7. The van der Waals surface area contributed by atoms with E-state index in [1.165, 1.54) is 0 Å². The summed E-state index contributed by atoms with van der Waals surface area (Å²) < 4.78 is 10.8. The van der Waals surface area contributed by atoms with Gasteiger partial charge in [0, 0.05) is 6.54 Å². The first-order valence-corrected chi connectivity index (χ1v) is 7.50. The van der Waals surface area contributed by atoms with E-state index >= 15 is 0 Å². The Balaban J connectivity index is 2.14. The summed E-state index contributed by atoms with van der Waals surface area (Å²) in [6, 6.07) is 13.9. The molecule has 0 aliphatic carbocycles. The molecule has 0 unspecified atom stereocenters. The molecule has 1 aliphatic heterocycles. The van der Waals surface area contributed by atoms with Crippen LogP contribution in [0.1, 0.15) is 16.7 Å². The lowest BCUT2D eigenvalue weighted by Gasteiger charge is -2.19. The van der Waals surface area contributed by atoms with Crippen molar-refractivity contribution in [3.63, 3.8) is 0 Å². The highest BCUT2D eigenvalue weighted by Gasteiger charge is 2.19. The van der Waals surface area contributed by atoms with Crippen molar-refractivity contribution < 1.29 is 14.3 Å². The minimum atomic E-state index is 0.632. The van der Waals surface area contributed by atoms with Crippen molar-refractivity contribution in [2.24, 2.45) is 0 Å². The van der Waals surface area contributed by atoms with E-state index in [9.17, 15) is 4.79 Å². The van der Waals surface area contributed by atoms with Crippen LogP contribution >= 0.6 is 0 Å². The standard InChI is InChI=1S/C19H19NO3/c1-22-18-11-15-8-9-20(13-21)17(14-6-4-3-5-7-14)10-16(15)12-19(18)23-2/h3-7,10-13H,8-9H2,1-2H3. The first kappa shape index (κ1) is 15.2. The van der Waals surface area contributed by atoms with Gasteiger partial charge in [0.25, 0.3) is 0 Å². The van der Waals surface area contributed by atoms with Gasteiger partial charge in [-0.25, -0.2) is 0 Å². The van der Waals surface area contributed by atoms with Gasteiger partial charge in [0.2, 0.25) is 6.41 Å². The van der Waals surface area contributed by atoms with Gasteiger partial charge in [0.05, 0.1) is 19.9 Å². The van der Waals surface area contributed by atoms with E-state index in [1.807, 2.05) is 48.5 Å². The summed E-state index contributed by atoms with van der Waals surface area (Å²) >= 11 is 0. The van der Waals surface area contributed by atoms with E-state index < -0.39 is 0 Å². The maximum Gasteiger partial charge on any atom is 0.214 e. The number of hydrogen-bond acceptors (Lipinski definition) is 3. The van der Waals surface area contributed by atoms with Gasteiger partial charge < -0.3 is 14.4 Å². The number of benzene rings is 2. The number of nitrogens with zero attached hydrogens (tertiary/aromatic N) is 1. The zero-order valence-electron chi connectivity index (χ0n) is 13.3. The molecular formula is C19H19NO3. The predicted octanol–water partition coefficient (Wildman–Crippen LogP) is 3.22. The van der Waals surface area contributed by atoms with E-state index in [-0.39, 0.29) is 0 Å². The van der Waals surface area contributed by atoms with Crippen molar-refractivity contribution in [3.8, 4) is 11.5 Å². The van der Waals surface area contributed by atoms with Crippen molar-refractivity contribution in [2.75, 3.05) is 20.8 Å². The summed E-state index contributed by atoms with van der Waals surface area (Å²) in [6.07, 6.45) is 3.69. The highest BCUT2D eigenvalue weighted by Crippen LogP contribution is 2.35. The van der Waals surface area contributed by atoms with Crippen LogP contribution in [0.4, 0.5) is 0 Å². The molecule has 0 N–H and O–H groups in total. The summed E-state index contributed by atoms with van der Waals surface area (Å²) in [5.74, 6) is 1.40. The third-order valence-corrected chi connectivity index (χ3v) is 4.07. The molecule has 118 valence electrons. The maximum absolute atomic E-state index is 11.5. The van der Waals surface area contributed by atoms with Crippen molar-refractivity contribution in [3.05, 3.63) is 59.2 Å². The third kappa shape index (κ3) is 2.93. The molecule has 0 fully saturated rings. The smallest absolute Gasteiger partial charge is 0.214 e. The van der Waals surface area contributed by atoms with E-state index in [1.54, 1.807) is 19.1 Å². The Morgan fingerprint density at radius 1 is 1.04 bits per heavy atom. The number of amides is 1. The van der Waals surface area contributed by atoms with Gasteiger partial charge in [-0.15, -0.1) is 0 Å². The average molecular weight is 309 g/mol. The minimum absolute atomic E-state index is 0.632. The molecule has 2 aromatic carbocycles. The second-order valence-electron chi connectivity index (χ2n) is 5.35. The quantitative estimate of drug-likeness (QED) is 0.814. The average Bonchev–Trinajstić information content (AvgIpc) is 2.79. The number of methoxy groups -OCH3 is 2. The van der Waals surface area contributed by atoms with Crippen molar-refractivity contribution in [1.82, 2.24) is 4.90 Å². The summed E-state index contributed by atoms with van der Waals surface area (Å²) in [7, 11) is 3.25. The van der Waals surface area contributed by atoms with Gasteiger partial charge >= 0.3 is 0 Å². The molecule has 4 heteroatoms. The molecule has 0 radical (unpaired) electrons. The lowest BCUT2D eigenvalue weighted by atomic mass is 10.0. The molecule has 23 heavy (non-hydrogen) atoms. The van der Waals surface area contributed by atoms with Crippen molar-refractivity contribution in [2.45, 2.75) is 6.42 Å². The van der Waals surface area contributed by atoms with E-state index in [4.69, 9.17) is 9.47 Å². The second kappa shape index (κ2) is 6.57. The minimum Gasteiger partial charge on any atom is -0.493 e. The van der Waals surface area contributed by atoms with Crippen molar-refractivity contribution in [1.29, 1.82) is 0 Å². The number of ether oxygens (including phenoxy) is 2. The molecule has 0 spiro atoms. The molecule has 0 aromatic heterocycles. The fourth-order valence-corrected chi connectivity index (χ4v) is 2.85. The first-order chi connectivity index (χ1) is 11.3. The second-order valence-corrected chi connectivity index (χ2v) is 5.35. The fourth-order valence-electron chi connectivity index (χ4n) is 2.85. The van der Waals surface area contributed by atoms with Crippen LogP contribution in [0.5, 0.6) is 11.5 Å². The molecule has 3 rings (SSSR count). The van der Waals surface area contributed by atoms with Crippen LogP contribution in [-0.2, 0) is 11.2 Å². The van der Waals surface area contributed by atoms with Gasteiger partial charge in [-0.2, -0.15) is 0 Å². The van der Waals surface area contributed by atoms with E-state index in [0.717, 1.165) is 35.2 Å². The molecule has 0 saturated heterocycles.